The molecule has 62 valence electrons. The van der Waals surface area contributed by atoms with Crippen LogP contribution < -0.4 is 5.73 Å². The van der Waals surface area contributed by atoms with Crippen molar-refractivity contribution in [3.8, 4) is 0 Å². The van der Waals surface area contributed by atoms with Crippen LogP contribution in [0.3, 0.4) is 0 Å². The molecule has 4 heteroatoms. The van der Waals surface area contributed by atoms with Gasteiger partial charge >= 0.3 is 0 Å². The van der Waals surface area contributed by atoms with Gasteiger partial charge in [-0.1, -0.05) is 11.6 Å². The SMILES string of the molecule is Nc1c(Cl)sc2ccc(S)cc12. The molecule has 0 amide bonds. The maximum absolute atomic E-state index is 5.87. The first kappa shape index (κ1) is 8.23. The van der Waals surface area contributed by atoms with Crippen LogP contribution in [0.25, 0.3) is 10.1 Å². The van der Waals surface area contributed by atoms with E-state index in [9.17, 15) is 0 Å². The number of nitrogen functional groups attached to an aromatic ring is 1. The Kier molecular flexibility index (Phi) is 1.94. The molecule has 1 nitrogen and oxygen atoms in total. The second-order valence-corrected chi connectivity index (χ2v) is 4.64. The molecule has 0 bridgehead atoms. The number of anilines is 1. The summed E-state index contributed by atoms with van der Waals surface area (Å²) in [6.45, 7) is 0. The second kappa shape index (κ2) is 2.83. The predicted octanol–water partition coefficient (Wildman–Crippen LogP) is 3.43. The Morgan fingerprint density at radius 2 is 2.17 bits per heavy atom. The molecule has 1 aromatic carbocycles. The van der Waals surface area contributed by atoms with Gasteiger partial charge in [0.25, 0.3) is 0 Å². The van der Waals surface area contributed by atoms with E-state index in [1.807, 2.05) is 18.2 Å². The number of benzene rings is 1. The lowest BCUT2D eigenvalue weighted by atomic mass is 10.2. The molecule has 1 aromatic heterocycles. The fraction of sp³-hybridized carbons (Fsp3) is 0. The molecular formula is C8H6ClNS2. The molecule has 0 aliphatic carbocycles. The van der Waals surface area contributed by atoms with Gasteiger partial charge in [-0.15, -0.1) is 24.0 Å². The van der Waals surface area contributed by atoms with Gasteiger partial charge < -0.3 is 5.73 Å². The van der Waals surface area contributed by atoms with Crippen LogP contribution in [0.2, 0.25) is 4.34 Å². The molecule has 0 atom stereocenters. The van der Waals surface area contributed by atoms with Crippen LogP contribution in [0.1, 0.15) is 0 Å². The summed E-state index contributed by atoms with van der Waals surface area (Å²) in [7, 11) is 0. The van der Waals surface area contributed by atoms with Crippen molar-refractivity contribution in [1.82, 2.24) is 0 Å². The number of fused-ring (bicyclic) bond motifs is 1. The molecule has 1 heterocycles. The molecule has 0 unspecified atom stereocenters. The Bertz CT molecular complexity index is 436. The van der Waals surface area contributed by atoms with Crippen molar-refractivity contribution in [2.24, 2.45) is 0 Å². The monoisotopic (exact) mass is 215 g/mol. The van der Waals surface area contributed by atoms with Crippen molar-refractivity contribution < 1.29 is 0 Å². The zero-order valence-electron chi connectivity index (χ0n) is 6.04. The van der Waals surface area contributed by atoms with Gasteiger partial charge in [-0.25, -0.2) is 0 Å². The first-order valence-corrected chi connectivity index (χ1v) is 4.99. The van der Waals surface area contributed by atoms with Crippen molar-refractivity contribution in [3.63, 3.8) is 0 Å². The first-order chi connectivity index (χ1) is 5.68. The lowest BCUT2D eigenvalue weighted by molar-refractivity contribution is 1.54. The van der Waals surface area contributed by atoms with Crippen molar-refractivity contribution in [1.29, 1.82) is 0 Å². The minimum absolute atomic E-state index is 0.656. The molecule has 0 aliphatic rings. The van der Waals surface area contributed by atoms with Gasteiger partial charge in [0.05, 0.1) is 5.69 Å². The van der Waals surface area contributed by atoms with Gasteiger partial charge in [0, 0.05) is 15.0 Å². The molecule has 2 aromatic rings. The maximum atomic E-state index is 5.87. The Labute approximate surface area is 84.6 Å². The predicted molar refractivity (Wildman–Crippen MR) is 58.5 cm³/mol. The summed E-state index contributed by atoms with van der Waals surface area (Å²) in [6.07, 6.45) is 0. The zero-order chi connectivity index (χ0) is 8.72. The number of halogens is 1. The first-order valence-electron chi connectivity index (χ1n) is 3.35. The van der Waals surface area contributed by atoms with E-state index in [2.05, 4.69) is 12.6 Å². The number of thiophene rings is 1. The normalized spacial score (nSPS) is 10.8. The highest BCUT2D eigenvalue weighted by Gasteiger charge is 2.06. The van der Waals surface area contributed by atoms with E-state index in [1.54, 1.807) is 0 Å². The topological polar surface area (TPSA) is 26.0 Å². The van der Waals surface area contributed by atoms with Gasteiger partial charge in [0.2, 0.25) is 0 Å². The Hall–Kier alpha value is -0.380. The number of thiol groups is 1. The quantitative estimate of drug-likeness (QED) is 0.647. The standard InChI is InChI=1S/C8H6ClNS2/c9-8-7(10)5-3-4(11)1-2-6(5)12-8/h1-3,11H,10H2. The molecule has 12 heavy (non-hydrogen) atoms. The largest absolute Gasteiger partial charge is 0.396 e. The second-order valence-electron chi connectivity index (χ2n) is 2.47. The van der Waals surface area contributed by atoms with Crippen molar-refractivity contribution in [2.75, 3.05) is 5.73 Å². The summed E-state index contributed by atoms with van der Waals surface area (Å²) in [5.74, 6) is 0. The summed E-state index contributed by atoms with van der Waals surface area (Å²) in [4.78, 5) is 0.906. The molecule has 0 radical (unpaired) electrons. The van der Waals surface area contributed by atoms with Crippen LogP contribution in [0.5, 0.6) is 0 Å². The van der Waals surface area contributed by atoms with E-state index in [0.717, 1.165) is 15.0 Å². The smallest absolute Gasteiger partial charge is 0.117 e. The van der Waals surface area contributed by atoms with Gasteiger partial charge in [-0.3, -0.25) is 0 Å². The summed E-state index contributed by atoms with van der Waals surface area (Å²) < 4.78 is 1.76. The average molecular weight is 216 g/mol. The summed E-state index contributed by atoms with van der Waals surface area (Å²) in [5, 5.41) is 0.998. The van der Waals surface area contributed by atoms with E-state index in [1.165, 1.54) is 11.3 Å². The van der Waals surface area contributed by atoms with Crippen LogP contribution in [0.4, 0.5) is 5.69 Å². The highest BCUT2D eigenvalue weighted by molar-refractivity contribution is 7.80. The van der Waals surface area contributed by atoms with Crippen LogP contribution in [0.15, 0.2) is 23.1 Å². The lowest BCUT2D eigenvalue weighted by Crippen LogP contribution is -1.81. The number of hydrogen-bond donors (Lipinski definition) is 2. The van der Waals surface area contributed by atoms with E-state index in [-0.39, 0.29) is 0 Å². The third-order valence-electron chi connectivity index (χ3n) is 1.66. The molecular weight excluding hydrogens is 210 g/mol. The van der Waals surface area contributed by atoms with Crippen molar-refractivity contribution in [3.05, 3.63) is 22.5 Å². The molecule has 0 aliphatic heterocycles. The van der Waals surface area contributed by atoms with E-state index in [0.29, 0.717) is 10.0 Å². The van der Waals surface area contributed by atoms with Gasteiger partial charge in [-0.2, -0.15) is 0 Å². The van der Waals surface area contributed by atoms with Crippen LogP contribution >= 0.6 is 35.6 Å². The molecule has 2 rings (SSSR count). The maximum Gasteiger partial charge on any atom is 0.117 e. The summed E-state index contributed by atoms with van der Waals surface area (Å²) in [6, 6.07) is 5.83. The minimum Gasteiger partial charge on any atom is -0.396 e. The average Bonchev–Trinajstić information content (AvgIpc) is 2.31. The number of rotatable bonds is 0. The molecule has 0 fully saturated rings. The van der Waals surface area contributed by atoms with Gasteiger partial charge in [-0.05, 0) is 18.2 Å². The van der Waals surface area contributed by atoms with Crippen molar-refractivity contribution >= 4 is 51.3 Å². The third kappa shape index (κ3) is 1.18. The van der Waals surface area contributed by atoms with E-state index < -0.39 is 0 Å². The Balaban J connectivity index is 2.88. The third-order valence-corrected chi connectivity index (χ3v) is 3.35. The van der Waals surface area contributed by atoms with Crippen LogP contribution in [-0.2, 0) is 0 Å². The highest BCUT2D eigenvalue weighted by atomic mass is 35.5. The fourth-order valence-electron chi connectivity index (χ4n) is 1.07. The zero-order valence-corrected chi connectivity index (χ0v) is 8.51. The Morgan fingerprint density at radius 3 is 2.92 bits per heavy atom. The summed E-state index contributed by atoms with van der Waals surface area (Å²) >= 11 is 11.6. The lowest BCUT2D eigenvalue weighted by Gasteiger charge is -1.92. The summed E-state index contributed by atoms with van der Waals surface area (Å²) in [5.41, 5.74) is 6.41. The number of nitrogens with two attached hydrogens (primary N) is 1. The number of hydrogen-bond acceptors (Lipinski definition) is 3. The molecule has 0 spiro atoms. The minimum atomic E-state index is 0.656. The van der Waals surface area contributed by atoms with Gasteiger partial charge in [0.1, 0.15) is 4.34 Å². The van der Waals surface area contributed by atoms with Crippen LogP contribution in [0, 0.1) is 0 Å². The van der Waals surface area contributed by atoms with Crippen molar-refractivity contribution in [2.45, 2.75) is 4.90 Å². The highest BCUT2D eigenvalue weighted by Crippen LogP contribution is 2.37. The van der Waals surface area contributed by atoms with Gasteiger partial charge in [0.15, 0.2) is 0 Å². The van der Waals surface area contributed by atoms with E-state index in [4.69, 9.17) is 17.3 Å². The molecule has 0 saturated carbocycles. The van der Waals surface area contributed by atoms with Crippen LogP contribution in [-0.4, -0.2) is 0 Å². The Morgan fingerprint density at radius 1 is 1.42 bits per heavy atom. The fourth-order valence-corrected chi connectivity index (χ4v) is 2.46. The molecule has 2 N–H and O–H groups in total. The molecule has 0 saturated heterocycles. The van der Waals surface area contributed by atoms with E-state index >= 15 is 0 Å².